The normalized spacial score (nSPS) is 26.2. The van der Waals surface area contributed by atoms with E-state index in [1.807, 2.05) is 6.92 Å². The summed E-state index contributed by atoms with van der Waals surface area (Å²) in [5, 5.41) is 13.2. The van der Waals surface area contributed by atoms with E-state index in [1.165, 1.54) is 12.8 Å². The van der Waals surface area contributed by atoms with Crippen molar-refractivity contribution in [1.29, 1.82) is 0 Å². The van der Waals surface area contributed by atoms with Crippen molar-refractivity contribution in [2.24, 2.45) is 5.92 Å². The second-order valence-corrected chi connectivity index (χ2v) is 3.78. The Labute approximate surface area is 69.0 Å². The van der Waals surface area contributed by atoms with E-state index in [4.69, 9.17) is 0 Å². The van der Waals surface area contributed by atoms with E-state index in [2.05, 4.69) is 19.2 Å². The van der Waals surface area contributed by atoms with Crippen molar-refractivity contribution in [2.45, 2.75) is 45.3 Å². The van der Waals surface area contributed by atoms with Gasteiger partial charge < -0.3 is 10.4 Å². The van der Waals surface area contributed by atoms with Gasteiger partial charge in [0.1, 0.15) is 0 Å². The lowest BCUT2D eigenvalue weighted by Gasteiger charge is -2.30. The molecule has 2 N–H and O–H groups in total. The Morgan fingerprint density at radius 1 is 1.64 bits per heavy atom. The molecule has 2 atom stereocenters. The summed E-state index contributed by atoms with van der Waals surface area (Å²) in [5.41, 5.74) is -0.490. The standard InChI is InChI=1S/C9H19NO/c1-4-10-7(2)9(3,11)8-5-6-8/h7-8,10-11H,4-6H2,1-3H3. The Kier molecular flexibility index (Phi) is 2.55. The molecule has 66 valence electrons. The molecule has 0 amide bonds. The molecule has 2 unspecified atom stereocenters. The van der Waals surface area contributed by atoms with E-state index in [-0.39, 0.29) is 6.04 Å². The molecule has 0 spiro atoms. The zero-order chi connectivity index (χ0) is 8.48. The summed E-state index contributed by atoms with van der Waals surface area (Å²) in [5.74, 6) is 0.538. The topological polar surface area (TPSA) is 32.3 Å². The van der Waals surface area contributed by atoms with Crippen molar-refractivity contribution >= 4 is 0 Å². The highest BCUT2D eigenvalue weighted by molar-refractivity contribution is 4.97. The summed E-state index contributed by atoms with van der Waals surface area (Å²) < 4.78 is 0. The minimum atomic E-state index is -0.490. The van der Waals surface area contributed by atoms with Crippen molar-refractivity contribution in [3.8, 4) is 0 Å². The summed E-state index contributed by atoms with van der Waals surface area (Å²) in [4.78, 5) is 0. The van der Waals surface area contributed by atoms with Gasteiger partial charge in [-0.25, -0.2) is 0 Å². The largest absolute Gasteiger partial charge is 0.388 e. The van der Waals surface area contributed by atoms with E-state index < -0.39 is 5.60 Å². The summed E-state index contributed by atoms with van der Waals surface area (Å²) in [7, 11) is 0. The summed E-state index contributed by atoms with van der Waals surface area (Å²) in [6.07, 6.45) is 2.39. The van der Waals surface area contributed by atoms with Crippen molar-refractivity contribution in [3.05, 3.63) is 0 Å². The molecule has 1 saturated carbocycles. The lowest BCUT2D eigenvalue weighted by Crippen LogP contribution is -2.48. The first-order chi connectivity index (χ1) is 5.09. The SMILES string of the molecule is CCNC(C)C(C)(O)C1CC1. The van der Waals surface area contributed by atoms with Gasteiger partial charge in [-0.1, -0.05) is 6.92 Å². The fourth-order valence-corrected chi connectivity index (χ4v) is 1.53. The number of aliphatic hydroxyl groups is 1. The van der Waals surface area contributed by atoms with Crippen LogP contribution in [0.5, 0.6) is 0 Å². The van der Waals surface area contributed by atoms with Crippen LogP contribution in [0.3, 0.4) is 0 Å². The third kappa shape index (κ3) is 1.94. The Balaban J connectivity index is 2.41. The molecule has 0 aromatic heterocycles. The Hall–Kier alpha value is -0.0800. The third-order valence-corrected chi connectivity index (χ3v) is 2.79. The first-order valence-electron chi connectivity index (χ1n) is 4.54. The molecule has 1 aliphatic rings. The molecule has 1 aliphatic carbocycles. The average Bonchev–Trinajstić information content (AvgIpc) is 2.68. The second-order valence-electron chi connectivity index (χ2n) is 3.78. The van der Waals surface area contributed by atoms with Crippen LogP contribution in [0.25, 0.3) is 0 Å². The Morgan fingerprint density at radius 3 is 2.55 bits per heavy atom. The zero-order valence-corrected chi connectivity index (χ0v) is 7.72. The van der Waals surface area contributed by atoms with Crippen molar-refractivity contribution in [2.75, 3.05) is 6.54 Å². The molecule has 0 aliphatic heterocycles. The van der Waals surface area contributed by atoms with E-state index in [1.54, 1.807) is 0 Å². The molecule has 0 heterocycles. The fourth-order valence-electron chi connectivity index (χ4n) is 1.53. The van der Waals surface area contributed by atoms with Gasteiger partial charge in [0.2, 0.25) is 0 Å². The molecule has 0 bridgehead atoms. The molecule has 0 radical (unpaired) electrons. The van der Waals surface area contributed by atoms with Crippen LogP contribution in [-0.4, -0.2) is 23.3 Å². The molecule has 0 aromatic carbocycles. The zero-order valence-electron chi connectivity index (χ0n) is 7.72. The van der Waals surface area contributed by atoms with Crippen molar-refractivity contribution < 1.29 is 5.11 Å². The van der Waals surface area contributed by atoms with Gasteiger partial charge in [-0.2, -0.15) is 0 Å². The molecule has 1 rings (SSSR count). The van der Waals surface area contributed by atoms with Crippen LogP contribution in [-0.2, 0) is 0 Å². The van der Waals surface area contributed by atoms with E-state index in [9.17, 15) is 5.11 Å². The highest BCUT2D eigenvalue weighted by Crippen LogP contribution is 2.41. The van der Waals surface area contributed by atoms with Crippen LogP contribution in [0.1, 0.15) is 33.6 Å². The van der Waals surface area contributed by atoms with Gasteiger partial charge in [-0.15, -0.1) is 0 Å². The number of hydrogen-bond donors (Lipinski definition) is 2. The van der Waals surface area contributed by atoms with Crippen LogP contribution in [0.2, 0.25) is 0 Å². The lowest BCUT2D eigenvalue weighted by atomic mass is 9.92. The molecule has 0 saturated heterocycles. The van der Waals surface area contributed by atoms with Gasteiger partial charge in [0, 0.05) is 6.04 Å². The lowest BCUT2D eigenvalue weighted by molar-refractivity contribution is 0.00462. The van der Waals surface area contributed by atoms with Gasteiger partial charge in [0.05, 0.1) is 5.60 Å². The number of likely N-dealkylation sites (N-methyl/N-ethyl adjacent to an activating group) is 1. The van der Waals surface area contributed by atoms with Gasteiger partial charge in [0.15, 0.2) is 0 Å². The van der Waals surface area contributed by atoms with Crippen LogP contribution >= 0.6 is 0 Å². The molecular formula is C9H19NO. The summed E-state index contributed by atoms with van der Waals surface area (Å²) in [6.45, 7) is 7.00. The quantitative estimate of drug-likeness (QED) is 0.641. The second kappa shape index (κ2) is 3.11. The predicted molar refractivity (Wildman–Crippen MR) is 46.5 cm³/mol. The van der Waals surface area contributed by atoms with Crippen LogP contribution < -0.4 is 5.32 Å². The number of hydrogen-bond acceptors (Lipinski definition) is 2. The van der Waals surface area contributed by atoms with Gasteiger partial charge in [-0.05, 0) is 39.2 Å². The van der Waals surface area contributed by atoms with E-state index in [0.29, 0.717) is 5.92 Å². The molecular weight excluding hydrogens is 138 g/mol. The van der Waals surface area contributed by atoms with E-state index in [0.717, 1.165) is 6.54 Å². The maximum atomic E-state index is 9.99. The fraction of sp³-hybridized carbons (Fsp3) is 1.00. The molecule has 0 aromatic rings. The monoisotopic (exact) mass is 157 g/mol. The van der Waals surface area contributed by atoms with Crippen molar-refractivity contribution in [3.63, 3.8) is 0 Å². The van der Waals surface area contributed by atoms with Crippen molar-refractivity contribution in [1.82, 2.24) is 5.32 Å². The number of rotatable bonds is 4. The van der Waals surface area contributed by atoms with Gasteiger partial charge >= 0.3 is 0 Å². The Morgan fingerprint density at radius 2 is 2.18 bits per heavy atom. The summed E-state index contributed by atoms with van der Waals surface area (Å²) >= 11 is 0. The minimum Gasteiger partial charge on any atom is -0.388 e. The third-order valence-electron chi connectivity index (χ3n) is 2.79. The highest BCUT2D eigenvalue weighted by Gasteiger charge is 2.43. The highest BCUT2D eigenvalue weighted by atomic mass is 16.3. The van der Waals surface area contributed by atoms with Gasteiger partial charge in [-0.3, -0.25) is 0 Å². The minimum absolute atomic E-state index is 0.222. The number of nitrogens with one attached hydrogen (secondary N) is 1. The molecule has 11 heavy (non-hydrogen) atoms. The smallest absolute Gasteiger partial charge is 0.0797 e. The summed E-state index contributed by atoms with van der Waals surface area (Å²) in [6, 6.07) is 0.222. The van der Waals surface area contributed by atoms with E-state index >= 15 is 0 Å². The van der Waals surface area contributed by atoms with Crippen LogP contribution in [0, 0.1) is 5.92 Å². The molecule has 2 nitrogen and oxygen atoms in total. The molecule has 1 fully saturated rings. The maximum absolute atomic E-state index is 9.99. The van der Waals surface area contributed by atoms with Crippen LogP contribution in [0.15, 0.2) is 0 Å². The van der Waals surface area contributed by atoms with Crippen LogP contribution in [0.4, 0.5) is 0 Å². The average molecular weight is 157 g/mol. The Bertz CT molecular complexity index is 130. The first kappa shape index (κ1) is 9.01. The first-order valence-corrected chi connectivity index (χ1v) is 4.54. The van der Waals surface area contributed by atoms with Gasteiger partial charge in [0.25, 0.3) is 0 Å². The predicted octanol–water partition coefficient (Wildman–Crippen LogP) is 1.15. The maximum Gasteiger partial charge on any atom is 0.0797 e. The molecule has 2 heteroatoms.